The number of carbonyl (C=O) groups is 2. The summed E-state index contributed by atoms with van der Waals surface area (Å²) in [6.45, 7) is 6.91. The van der Waals surface area contributed by atoms with Gasteiger partial charge in [0.1, 0.15) is 6.10 Å². The molecule has 242 valence electrons. The molecule has 1 saturated carbocycles. The summed E-state index contributed by atoms with van der Waals surface area (Å²) in [5, 5.41) is 14.1. The van der Waals surface area contributed by atoms with Crippen LogP contribution in [0.3, 0.4) is 0 Å². The summed E-state index contributed by atoms with van der Waals surface area (Å²) < 4.78 is 7.98. The molecule has 12 heteroatoms. The van der Waals surface area contributed by atoms with Crippen LogP contribution in [0.4, 0.5) is 17.3 Å². The molecule has 0 unspecified atom stereocenters. The Morgan fingerprint density at radius 2 is 1.80 bits per heavy atom. The Balaban J connectivity index is 1.22. The second-order valence-corrected chi connectivity index (χ2v) is 12.9. The highest BCUT2D eigenvalue weighted by molar-refractivity contribution is 5.93. The minimum atomic E-state index is -0.0987. The van der Waals surface area contributed by atoms with Crippen LogP contribution in [0, 0.1) is 5.92 Å². The van der Waals surface area contributed by atoms with Crippen LogP contribution in [0.15, 0.2) is 42.6 Å². The number of nitrogens with one attached hydrogen (secondary N) is 3. The number of rotatable bonds is 11. The Hall–Kier alpha value is -4.03. The molecular formula is C33H47N9O3. The van der Waals surface area contributed by atoms with Crippen molar-refractivity contribution >= 4 is 34.8 Å². The summed E-state index contributed by atoms with van der Waals surface area (Å²) in [6, 6.07) is 8.02. The zero-order chi connectivity index (χ0) is 31.9. The predicted molar refractivity (Wildman–Crippen MR) is 176 cm³/mol. The molecule has 2 aromatic heterocycles. The number of likely N-dealkylation sites (tertiary alicyclic amines) is 1. The monoisotopic (exact) mass is 617 g/mol. The zero-order valence-electron chi connectivity index (χ0n) is 27.1. The van der Waals surface area contributed by atoms with Gasteiger partial charge in [-0.2, -0.15) is 19.6 Å². The fraction of sp³-hybridized carbons (Fsp3) is 0.545. The lowest BCUT2D eigenvalue weighted by molar-refractivity contribution is -0.121. The molecule has 2 amide bonds. The molecular weight excluding hydrogens is 570 g/mol. The number of hydrogen-bond acceptors (Lipinski definition) is 9. The van der Waals surface area contributed by atoms with E-state index in [9.17, 15) is 9.59 Å². The Bertz CT molecular complexity index is 1490. The number of likely N-dealkylation sites (N-methyl/N-ethyl adjacent to an activating group) is 1. The summed E-state index contributed by atoms with van der Waals surface area (Å²) in [5.41, 5.74) is 3.19. The van der Waals surface area contributed by atoms with Gasteiger partial charge in [-0.15, -0.1) is 0 Å². The molecule has 1 saturated heterocycles. The lowest BCUT2D eigenvalue weighted by Gasteiger charge is -2.28. The molecule has 1 aromatic carbocycles. The fourth-order valence-electron chi connectivity index (χ4n) is 5.84. The highest BCUT2D eigenvalue weighted by atomic mass is 16.5. The molecule has 12 nitrogen and oxygen atoms in total. The second kappa shape index (κ2) is 14.8. The first-order valence-electron chi connectivity index (χ1n) is 16.0. The molecule has 2 aliphatic rings. The van der Waals surface area contributed by atoms with Crippen LogP contribution in [-0.4, -0.2) is 94.1 Å². The maximum atomic E-state index is 13.2. The number of amides is 2. The van der Waals surface area contributed by atoms with Gasteiger partial charge in [0.2, 0.25) is 17.8 Å². The Kier molecular flexibility index (Phi) is 10.7. The van der Waals surface area contributed by atoms with Crippen LogP contribution in [-0.2, 0) is 9.59 Å². The lowest BCUT2D eigenvalue weighted by atomic mass is 9.85. The number of ether oxygens (including phenoxy) is 1. The number of benzene rings is 1. The summed E-state index contributed by atoms with van der Waals surface area (Å²) in [4.78, 5) is 39.2. The number of piperidine rings is 1. The Morgan fingerprint density at radius 1 is 1.07 bits per heavy atom. The molecule has 3 aromatic rings. The minimum Gasteiger partial charge on any atom is -0.460 e. The van der Waals surface area contributed by atoms with E-state index in [-0.39, 0.29) is 35.8 Å². The molecule has 45 heavy (non-hydrogen) atoms. The van der Waals surface area contributed by atoms with Crippen molar-refractivity contribution in [3.05, 3.63) is 48.2 Å². The Morgan fingerprint density at radius 3 is 2.51 bits per heavy atom. The minimum absolute atomic E-state index is 0.00491. The number of hydrogen-bond donors (Lipinski definition) is 3. The first-order valence-corrected chi connectivity index (χ1v) is 16.0. The van der Waals surface area contributed by atoms with Crippen molar-refractivity contribution in [2.45, 2.75) is 70.4 Å². The van der Waals surface area contributed by atoms with E-state index in [2.05, 4.69) is 46.8 Å². The first-order chi connectivity index (χ1) is 21.6. The fourth-order valence-corrected chi connectivity index (χ4v) is 5.84. The molecule has 1 aliphatic carbocycles. The van der Waals surface area contributed by atoms with E-state index in [1.54, 1.807) is 10.6 Å². The van der Waals surface area contributed by atoms with Crippen molar-refractivity contribution in [3.63, 3.8) is 0 Å². The van der Waals surface area contributed by atoms with Gasteiger partial charge in [0.15, 0.2) is 5.65 Å². The van der Waals surface area contributed by atoms with Crippen molar-refractivity contribution in [2.75, 3.05) is 51.4 Å². The number of nitrogens with zero attached hydrogens (tertiary/aromatic N) is 6. The SMILES string of the molecule is CC(C)c1cnn2c(Nc3cccc(NC(=O)[C@H]4CC[C@@H](NC(=O)/C=C/CN(C)C)CC4)c3)nc(OC3CCN(C)CC3)nc12. The smallest absolute Gasteiger partial charge is 0.322 e. The number of fused-ring (bicyclic) bond motifs is 1. The molecule has 0 spiro atoms. The third-order valence-corrected chi connectivity index (χ3v) is 8.50. The third-order valence-electron chi connectivity index (χ3n) is 8.50. The summed E-state index contributed by atoms with van der Waals surface area (Å²) in [5.74, 6) is 0.547. The van der Waals surface area contributed by atoms with Crippen molar-refractivity contribution in [3.8, 4) is 6.01 Å². The molecule has 0 atom stereocenters. The molecule has 2 fully saturated rings. The predicted octanol–water partition coefficient (Wildman–Crippen LogP) is 4.20. The van der Waals surface area contributed by atoms with Crippen molar-refractivity contribution < 1.29 is 14.3 Å². The molecule has 3 heterocycles. The van der Waals surface area contributed by atoms with E-state index >= 15 is 0 Å². The number of anilines is 3. The van der Waals surface area contributed by atoms with Crippen LogP contribution >= 0.6 is 0 Å². The van der Waals surface area contributed by atoms with Gasteiger partial charge < -0.3 is 30.5 Å². The van der Waals surface area contributed by atoms with Crippen LogP contribution < -0.4 is 20.7 Å². The van der Waals surface area contributed by atoms with Gasteiger partial charge in [0.25, 0.3) is 0 Å². The average molecular weight is 618 g/mol. The van der Waals surface area contributed by atoms with Gasteiger partial charge in [-0.05, 0) is 83.8 Å². The van der Waals surface area contributed by atoms with Gasteiger partial charge in [-0.1, -0.05) is 26.0 Å². The van der Waals surface area contributed by atoms with Gasteiger partial charge in [-0.25, -0.2) is 0 Å². The highest BCUT2D eigenvalue weighted by Crippen LogP contribution is 2.28. The molecule has 0 bridgehead atoms. The van der Waals surface area contributed by atoms with Gasteiger partial charge in [0, 0.05) is 54.6 Å². The van der Waals surface area contributed by atoms with E-state index in [1.165, 1.54) is 0 Å². The van der Waals surface area contributed by atoms with Crippen LogP contribution in [0.5, 0.6) is 6.01 Å². The van der Waals surface area contributed by atoms with Crippen LogP contribution in [0.25, 0.3) is 5.65 Å². The quantitative estimate of drug-likeness (QED) is 0.271. The highest BCUT2D eigenvalue weighted by Gasteiger charge is 2.27. The van der Waals surface area contributed by atoms with Crippen molar-refractivity contribution in [2.24, 2.45) is 5.92 Å². The molecule has 0 radical (unpaired) electrons. The molecule has 5 rings (SSSR count). The number of carbonyl (C=O) groups excluding carboxylic acids is 2. The van der Waals surface area contributed by atoms with Gasteiger partial charge in [-0.3, -0.25) is 9.59 Å². The van der Waals surface area contributed by atoms with Crippen LogP contribution in [0.1, 0.15) is 63.9 Å². The van der Waals surface area contributed by atoms with Gasteiger partial charge >= 0.3 is 6.01 Å². The summed E-state index contributed by atoms with van der Waals surface area (Å²) in [7, 11) is 6.04. The van der Waals surface area contributed by atoms with Gasteiger partial charge in [0.05, 0.1) is 6.20 Å². The topological polar surface area (TPSA) is 129 Å². The Labute approximate surface area is 265 Å². The van der Waals surface area contributed by atoms with Crippen molar-refractivity contribution in [1.82, 2.24) is 34.7 Å². The normalized spacial score (nSPS) is 19.8. The first kappa shape index (κ1) is 32.4. The van der Waals surface area contributed by atoms with E-state index in [4.69, 9.17) is 14.7 Å². The standard InChI is InChI=1S/C33H47N9O3/c1-22(2)28-21-34-42-30(28)38-33(45-27-15-18-41(5)19-16-27)39-32(42)37-26-9-6-8-25(20-26)36-31(44)23-11-13-24(14-12-23)35-29(43)10-7-17-40(3)4/h6-10,20-24,27H,11-19H2,1-5H3,(H,35,43)(H,36,44)(H,37,38,39)/b10-7+/t23-,24+. The maximum absolute atomic E-state index is 13.2. The molecule has 3 N–H and O–H groups in total. The third kappa shape index (κ3) is 8.79. The lowest BCUT2D eigenvalue weighted by Crippen LogP contribution is -2.39. The molecule has 1 aliphatic heterocycles. The largest absolute Gasteiger partial charge is 0.460 e. The van der Waals surface area contributed by atoms with Crippen molar-refractivity contribution in [1.29, 1.82) is 0 Å². The summed E-state index contributed by atoms with van der Waals surface area (Å²) >= 11 is 0. The van der Waals surface area contributed by atoms with E-state index in [0.29, 0.717) is 23.3 Å². The average Bonchev–Trinajstić information content (AvgIpc) is 3.43. The second-order valence-electron chi connectivity index (χ2n) is 12.9. The number of aromatic nitrogens is 4. The zero-order valence-corrected chi connectivity index (χ0v) is 27.1. The summed E-state index contributed by atoms with van der Waals surface area (Å²) in [6.07, 6.45) is 10.2. The van der Waals surface area contributed by atoms with Crippen LogP contribution in [0.2, 0.25) is 0 Å². The van der Waals surface area contributed by atoms with E-state index in [1.807, 2.05) is 55.5 Å². The maximum Gasteiger partial charge on any atom is 0.322 e. The van der Waals surface area contributed by atoms with E-state index in [0.717, 1.165) is 69.4 Å². The van der Waals surface area contributed by atoms with E-state index < -0.39 is 0 Å².